The van der Waals surface area contributed by atoms with Gasteiger partial charge in [-0.1, -0.05) is 18.2 Å². The highest BCUT2D eigenvalue weighted by molar-refractivity contribution is 5.99. The van der Waals surface area contributed by atoms with Crippen LogP contribution < -0.4 is 14.2 Å². The fourth-order valence-corrected chi connectivity index (χ4v) is 4.20. The molecule has 0 amide bonds. The SMILES string of the molecule is COc1ccc([C@H]2Oc3ccccc3[C@@H]3CC(c4ccco4)=NN23)c(C(=O)O)c1OC. The molecule has 0 saturated carbocycles. The molecule has 0 bridgehead atoms. The number of rotatable bonds is 5. The van der Waals surface area contributed by atoms with E-state index in [1.54, 1.807) is 23.4 Å². The molecule has 0 aliphatic carbocycles. The van der Waals surface area contributed by atoms with Gasteiger partial charge in [0.15, 0.2) is 11.5 Å². The average Bonchev–Trinajstić information content (AvgIpc) is 3.47. The highest BCUT2D eigenvalue weighted by atomic mass is 16.5. The highest BCUT2D eigenvalue weighted by Crippen LogP contribution is 2.49. The van der Waals surface area contributed by atoms with Gasteiger partial charge in [0.25, 0.3) is 0 Å². The Morgan fingerprint density at radius 1 is 1.10 bits per heavy atom. The molecule has 2 atom stereocenters. The number of hydrogen-bond acceptors (Lipinski definition) is 7. The number of benzene rings is 2. The summed E-state index contributed by atoms with van der Waals surface area (Å²) >= 11 is 0. The predicted molar refractivity (Wildman–Crippen MR) is 111 cm³/mol. The van der Waals surface area contributed by atoms with E-state index in [9.17, 15) is 9.90 Å². The number of hydrogen-bond donors (Lipinski definition) is 1. The second-order valence-electron chi connectivity index (χ2n) is 7.20. The highest BCUT2D eigenvalue weighted by Gasteiger charge is 2.43. The van der Waals surface area contributed by atoms with Crippen LogP contribution in [0.1, 0.15) is 45.9 Å². The lowest BCUT2D eigenvalue weighted by Gasteiger charge is -2.38. The van der Waals surface area contributed by atoms with E-state index in [1.807, 2.05) is 36.4 Å². The monoisotopic (exact) mass is 420 g/mol. The largest absolute Gasteiger partial charge is 0.493 e. The van der Waals surface area contributed by atoms with Gasteiger partial charge in [-0.05, 0) is 30.3 Å². The average molecular weight is 420 g/mol. The number of ether oxygens (including phenoxy) is 3. The molecule has 1 N–H and O–H groups in total. The van der Waals surface area contributed by atoms with Crippen molar-refractivity contribution in [2.75, 3.05) is 14.2 Å². The van der Waals surface area contributed by atoms with E-state index >= 15 is 0 Å². The van der Waals surface area contributed by atoms with E-state index in [0.29, 0.717) is 29.2 Å². The van der Waals surface area contributed by atoms with Crippen molar-refractivity contribution >= 4 is 11.7 Å². The third-order valence-electron chi connectivity index (χ3n) is 5.56. The topological polar surface area (TPSA) is 93.7 Å². The number of para-hydroxylation sites is 1. The van der Waals surface area contributed by atoms with E-state index in [2.05, 4.69) is 0 Å². The molecule has 31 heavy (non-hydrogen) atoms. The number of carboxylic acid groups (broad SMARTS) is 1. The second-order valence-corrected chi connectivity index (χ2v) is 7.20. The van der Waals surface area contributed by atoms with Gasteiger partial charge < -0.3 is 23.7 Å². The van der Waals surface area contributed by atoms with Gasteiger partial charge in [0.2, 0.25) is 6.23 Å². The van der Waals surface area contributed by atoms with Gasteiger partial charge in [0, 0.05) is 17.5 Å². The molecule has 2 aliphatic rings. The first-order valence-electron chi connectivity index (χ1n) is 9.75. The Labute approximate surface area is 178 Å². The molecule has 1 aromatic heterocycles. The molecule has 2 aliphatic heterocycles. The lowest BCUT2D eigenvalue weighted by atomic mass is 9.96. The number of aromatic carboxylic acids is 1. The van der Waals surface area contributed by atoms with Gasteiger partial charge >= 0.3 is 5.97 Å². The van der Waals surface area contributed by atoms with Crippen LogP contribution in [0.3, 0.4) is 0 Å². The van der Waals surface area contributed by atoms with Crippen LogP contribution >= 0.6 is 0 Å². The number of methoxy groups -OCH3 is 2. The smallest absolute Gasteiger partial charge is 0.340 e. The molecule has 0 fully saturated rings. The summed E-state index contributed by atoms with van der Waals surface area (Å²) in [5.41, 5.74) is 2.17. The summed E-state index contributed by atoms with van der Waals surface area (Å²) in [7, 11) is 2.88. The van der Waals surface area contributed by atoms with Crippen LogP contribution in [0.5, 0.6) is 17.2 Å². The first-order chi connectivity index (χ1) is 15.1. The van der Waals surface area contributed by atoms with Crippen molar-refractivity contribution in [3.05, 3.63) is 77.2 Å². The van der Waals surface area contributed by atoms with E-state index in [4.69, 9.17) is 23.7 Å². The van der Waals surface area contributed by atoms with E-state index < -0.39 is 12.2 Å². The van der Waals surface area contributed by atoms with Gasteiger partial charge in [-0.2, -0.15) is 5.10 Å². The number of furan rings is 1. The minimum absolute atomic E-state index is 0.0216. The van der Waals surface area contributed by atoms with Crippen LogP contribution in [-0.4, -0.2) is 36.0 Å². The van der Waals surface area contributed by atoms with Crippen LogP contribution in [0.4, 0.5) is 0 Å². The number of carboxylic acids is 1. The summed E-state index contributed by atoms with van der Waals surface area (Å²) < 4.78 is 22.5. The van der Waals surface area contributed by atoms with Crippen LogP contribution in [-0.2, 0) is 0 Å². The Bertz CT molecular complexity index is 1170. The molecular weight excluding hydrogens is 400 g/mol. The summed E-state index contributed by atoms with van der Waals surface area (Å²) in [5.74, 6) is 0.699. The molecule has 3 aromatic rings. The Balaban J connectivity index is 1.68. The van der Waals surface area contributed by atoms with Crippen LogP contribution in [0.2, 0.25) is 0 Å². The fourth-order valence-electron chi connectivity index (χ4n) is 4.20. The fraction of sp³-hybridized carbons (Fsp3) is 0.217. The van der Waals surface area contributed by atoms with Crippen molar-refractivity contribution < 1.29 is 28.5 Å². The van der Waals surface area contributed by atoms with Crippen LogP contribution in [0.25, 0.3) is 0 Å². The number of nitrogens with zero attached hydrogens (tertiary/aromatic N) is 2. The number of carbonyl (C=O) groups is 1. The molecule has 8 nitrogen and oxygen atoms in total. The van der Waals surface area contributed by atoms with Crippen molar-refractivity contribution in [1.82, 2.24) is 5.01 Å². The molecule has 2 aromatic carbocycles. The number of hydrazone groups is 1. The minimum Gasteiger partial charge on any atom is -0.493 e. The molecule has 3 heterocycles. The summed E-state index contributed by atoms with van der Waals surface area (Å²) in [4.78, 5) is 12.2. The van der Waals surface area contributed by atoms with Gasteiger partial charge in [0.05, 0.1) is 26.5 Å². The molecule has 8 heteroatoms. The normalized spacial score (nSPS) is 19.2. The maximum atomic E-state index is 12.2. The third-order valence-corrected chi connectivity index (χ3v) is 5.56. The van der Waals surface area contributed by atoms with Gasteiger partial charge in [0.1, 0.15) is 22.8 Å². The Morgan fingerprint density at radius 3 is 2.65 bits per heavy atom. The zero-order valence-corrected chi connectivity index (χ0v) is 16.9. The van der Waals surface area contributed by atoms with E-state index in [-0.39, 0.29) is 17.4 Å². The summed E-state index contributed by atoms with van der Waals surface area (Å²) in [6.45, 7) is 0. The Kier molecular flexibility index (Phi) is 4.54. The van der Waals surface area contributed by atoms with Gasteiger partial charge in [-0.15, -0.1) is 0 Å². The molecule has 0 unspecified atom stereocenters. The molecule has 158 valence electrons. The van der Waals surface area contributed by atoms with Crippen LogP contribution in [0, 0.1) is 0 Å². The molecule has 5 rings (SSSR count). The summed E-state index contributed by atoms with van der Waals surface area (Å²) in [6.07, 6.45) is 1.45. The standard InChI is InChI=1S/C23H20N2O6/c1-28-19-10-9-14(20(23(26)27)21(19)29-2)22-25-16(13-6-3-4-7-17(13)31-22)12-15(24-25)18-8-5-11-30-18/h3-11,16,22H,12H2,1-2H3,(H,26,27)/t16-,22+/m0/s1. The maximum Gasteiger partial charge on any atom is 0.340 e. The van der Waals surface area contributed by atoms with Crippen molar-refractivity contribution in [2.24, 2.45) is 5.10 Å². The third kappa shape index (κ3) is 2.99. The Hall–Kier alpha value is -3.94. The second kappa shape index (κ2) is 7.39. The molecular formula is C23H20N2O6. The summed E-state index contributed by atoms with van der Waals surface area (Å²) in [5, 5.41) is 16.6. The lowest BCUT2D eigenvalue weighted by Crippen LogP contribution is -2.34. The van der Waals surface area contributed by atoms with Gasteiger partial charge in [-0.3, -0.25) is 0 Å². The maximum absolute atomic E-state index is 12.2. The Morgan fingerprint density at radius 2 is 1.94 bits per heavy atom. The molecule has 0 spiro atoms. The van der Waals surface area contributed by atoms with Crippen molar-refractivity contribution in [2.45, 2.75) is 18.7 Å². The van der Waals surface area contributed by atoms with Gasteiger partial charge in [-0.25, -0.2) is 9.80 Å². The quantitative estimate of drug-likeness (QED) is 0.660. The first-order valence-corrected chi connectivity index (χ1v) is 9.75. The zero-order valence-electron chi connectivity index (χ0n) is 16.9. The van der Waals surface area contributed by atoms with Crippen LogP contribution in [0.15, 0.2) is 64.3 Å². The van der Waals surface area contributed by atoms with Crippen molar-refractivity contribution in [3.63, 3.8) is 0 Å². The predicted octanol–water partition coefficient (Wildman–Crippen LogP) is 4.24. The summed E-state index contributed by atoms with van der Waals surface area (Å²) in [6, 6.07) is 14.6. The molecule has 0 saturated heterocycles. The van der Waals surface area contributed by atoms with E-state index in [1.165, 1.54) is 14.2 Å². The minimum atomic E-state index is -1.14. The number of fused-ring (bicyclic) bond motifs is 3. The first kappa shape index (κ1) is 19.0. The van der Waals surface area contributed by atoms with Crippen molar-refractivity contribution in [1.29, 1.82) is 0 Å². The molecule has 0 radical (unpaired) electrons. The lowest BCUT2D eigenvalue weighted by molar-refractivity contribution is -0.0199. The zero-order chi connectivity index (χ0) is 21.5. The van der Waals surface area contributed by atoms with E-state index in [0.717, 1.165) is 11.3 Å². The van der Waals surface area contributed by atoms with Crippen molar-refractivity contribution in [3.8, 4) is 17.2 Å².